The summed E-state index contributed by atoms with van der Waals surface area (Å²) in [7, 11) is 0. The van der Waals surface area contributed by atoms with E-state index < -0.39 is 6.04 Å². The van der Waals surface area contributed by atoms with Crippen LogP contribution in [0.2, 0.25) is 0 Å². The average Bonchev–Trinajstić information content (AvgIpc) is 2.26. The van der Waals surface area contributed by atoms with E-state index in [4.69, 9.17) is 5.73 Å². The summed E-state index contributed by atoms with van der Waals surface area (Å²) in [6.45, 7) is 2.42. The number of anilines is 1. The van der Waals surface area contributed by atoms with Crippen molar-refractivity contribution in [3.05, 3.63) is 29.6 Å². The predicted molar refractivity (Wildman–Crippen MR) is 60.7 cm³/mol. The number of amides is 1. The lowest BCUT2D eigenvalue weighted by Gasteiger charge is -2.30. The van der Waals surface area contributed by atoms with Crippen LogP contribution in [0, 0.1) is 12.7 Å². The van der Waals surface area contributed by atoms with Gasteiger partial charge in [-0.15, -0.1) is 0 Å². The molecule has 1 aliphatic rings. The zero-order valence-corrected chi connectivity index (χ0v) is 9.24. The summed E-state index contributed by atoms with van der Waals surface area (Å²) in [5.74, 6) is -0.552. The van der Waals surface area contributed by atoms with Crippen molar-refractivity contribution in [2.24, 2.45) is 5.73 Å². The third kappa shape index (κ3) is 1.93. The second-order valence-corrected chi connectivity index (χ2v) is 4.19. The minimum absolute atomic E-state index is 0.184. The standard InChI is InChI=1S/C12H15FN2O/c1-8-4-5-9(13)11(7-8)15-6-2-3-10(14)12(15)16/h4-5,7,10H,2-3,6,14H2,1H3/t10-/m0/s1. The van der Waals surface area contributed by atoms with Crippen LogP contribution in [0.25, 0.3) is 0 Å². The molecule has 2 N–H and O–H groups in total. The van der Waals surface area contributed by atoms with Crippen LogP contribution in [0.5, 0.6) is 0 Å². The normalized spacial score (nSPS) is 21.3. The number of nitrogens with zero attached hydrogens (tertiary/aromatic N) is 1. The van der Waals surface area contributed by atoms with Gasteiger partial charge in [-0.05, 0) is 37.5 Å². The molecular weight excluding hydrogens is 207 g/mol. The molecular formula is C12H15FN2O. The molecule has 4 heteroatoms. The summed E-state index contributed by atoms with van der Waals surface area (Å²) >= 11 is 0. The van der Waals surface area contributed by atoms with Gasteiger partial charge in [0.25, 0.3) is 0 Å². The second kappa shape index (κ2) is 4.22. The van der Waals surface area contributed by atoms with E-state index in [1.54, 1.807) is 12.1 Å². The smallest absolute Gasteiger partial charge is 0.243 e. The lowest BCUT2D eigenvalue weighted by molar-refractivity contribution is -0.120. The van der Waals surface area contributed by atoms with Crippen molar-refractivity contribution in [1.29, 1.82) is 0 Å². The van der Waals surface area contributed by atoms with Gasteiger partial charge in [-0.3, -0.25) is 4.79 Å². The molecule has 1 aromatic rings. The van der Waals surface area contributed by atoms with E-state index in [9.17, 15) is 9.18 Å². The highest BCUT2D eigenvalue weighted by molar-refractivity contribution is 5.97. The molecule has 1 amide bonds. The number of halogens is 1. The van der Waals surface area contributed by atoms with Crippen molar-refractivity contribution in [2.45, 2.75) is 25.8 Å². The number of nitrogens with two attached hydrogens (primary N) is 1. The average molecular weight is 222 g/mol. The highest BCUT2D eigenvalue weighted by Crippen LogP contribution is 2.24. The van der Waals surface area contributed by atoms with Crippen LogP contribution in [0.1, 0.15) is 18.4 Å². The van der Waals surface area contributed by atoms with Crippen LogP contribution in [0.3, 0.4) is 0 Å². The molecule has 0 bridgehead atoms. The fourth-order valence-corrected chi connectivity index (χ4v) is 1.97. The number of carbonyl (C=O) groups excluding carboxylic acids is 1. The molecule has 0 aromatic heterocycles. The second-order valence-electron chi connectivity index (χ2n) is 4.19. The molecule has 2 rings (SSSR count). The molecule has 3 nitrogen and oxygen atoms in total. The van der Waals surface area contributed by atoms with Gasteiger partial charge in [0, 0.05) is 6.54 Å². The Hall–Kier alpha value is -1.42. The molecule has 1 aromatic carbocycles. The summed E-state index contributed by atoms with van der Waals surface area (Å²) in [5, 5.41) is 0. The SMILES string of the molecule is Cc1ccc(F)c(N2CCC[C@H](N)C2=O)c1. The largest absolute Gasteiger partial charge is 0.320 e. The molecule has 1 atom stereocenters. The van der Waals surface area contributed by atoms with Crippen LogP contribution in [0.4, 0.5) is 10.1 Å². The Balaban J connectivity index is 2.35. The maximum Gasteiger partial charge on any atom is 0.243 e. The first kappa shape index (κ1) is 11.1. The van der Waals surface area contributed by atoms with Gasteiger partial charge in [-0.1, -0.05) is 6.07 Å². The van der Waals surface area contributed by atoms with Gasteiger partial charge in [0.1, 0.15) is 5.82 Å². The number of hydrogen-bond donors (Lipinski definition) is 1. The molecule has 0 aliphatic carbocycles. The van der Waals surface area contributed by atoms with Gasteiger partial charge in [-0.25, -0.2) is 4.39 Å². The van der Waals surface area contributed by atoms with Crippen molar-refractivity contribution >= 4 is 11.6 Å². The first-order valence-electron chi connectivity index (χ1n) is 5.42. The molecule has 86 valence electrons. The van der Waals surface area contributed by atoms with Crippen LogP contribution in [-0.2, 0) is 4.79 Å². The van der Waals surface area contributed by atoms with Crippen LogP contribution >= 0.6 is 0 Å². The molecule has 0 radical (unpaired) electrons. The first-order chi connectivity index (χ1) is 7.59. The van der Waals surface area contributed by atoms with Crippen LogP contribution < -0.4 is 10.6 Å². The number of piperidine rings is 1. The molecule has 1 fully saturated rings. The number of aryl methyl sites for hydroxylation is 1. The number of benzene rings is 1. The fourth-order valence-electron chi connectivity index (χ4n) is 1.97. The molecule has 0 saturated carbocycles. The Morgan fingerprint density at radius 1 is 1.50 bits per heavy atom. The quantitative estimate of drug-likeness (QED) is 0.784. The monoisotopic (exact) mass is 222 g/mol. The number of hydrogen-bond acceptors (Lipinski definition) is 2. The molecule has 1 heterocycles. The van der Waals surface area contributed by atoms with Crippen molar-refractivity contribution in [3.63, 3.8) is 0 Å². The Labute approximate surface area is 94.0 Å². The summed E-state index contributed by atoms with van der Waals surface area (Å²) in [5.41, 5.74) is 6.96. The molecule has 0 spiro atoms. The zero-order valence-electron chi connectivity index (χ0n) is 9.24. The van der Waals surface area contributed by atoms with E-state index in [0.29, 0.717) is 18.7 Å². The molecule has 1 aliphatic heterocycles. The lowest BCUT2D eigenvalue weighted by Crippen LogP contribution is -2.48. The third-order valence-corrected chi connectivity index (χ3v) is 2.87. The summed E-state index contributed by atoms with van der Waals surface area (Å²) in [6, 6.07) is 4.27. The van der Waals surface area contributed by atoms with Crippen molar-refractivity contribution in [3.8, 4) is 0 Å². The highest BCUT2D eigenvalue weighted by atomic mass is 19.1. The van der Waals surface area contributed by atoms with Crippen molar-refractivity contribution in [2.75, 3.05) is 11.4 Å². The number of carbonyl (C=O) groups is 1. The van der Waals surface area contributed by atoms with E-state index in [0.717, 1.165) is 12.0 Å². The highest BCUT2D eigenvalue weighted by Gasteiger charge is 2.28. The van der Waals surface area contributed by atoms with E-state index in [1.165, 1.54) is 11.0 Å². The Morgan fingerprint density at radius 2 is 2.25 bits per heavy atom. The minimum Gasteiger partial charge on any atom is -0.320 e. The van der Waals surface area contributed by atoms with Crippen LogP contribution in [-0.4, -0.2) is 18.5 Å². The van der Waals surface area contributed by atoms with Crippen LogP contribution in [0.15, 0.2) is 18.2 Å². The van der Waals surface area contributed by atoms with E-state index in [1.807, 2.05) is 6.92 Å². The topological polar surface area (TPSA) is 46.3 Å². The van der Waals surface area contributed by atoms with E-state index >= 15 is 0 Å². The van der Waals surface area contributed by atoms with Gasteiger partial charge in [0.15, 0.2) is 0 Å². The van der Waals surface area contributed by atoms with E-state index in [2.05, 4.69) is 0 Å². The summed E-state index contributed by atoms with van der Waals surface area (Å²) < 4.78 is 13.6. The van der Waals surface area contributed by atoms with E-state index in [-0.39, 0.29) is 11.7 Å². The Kier molecular flexibility index (Phi) is 2.92. The van der Waals surface area contributed by atoms with Gasteiger partial charge in [-0.2, -0.15) is 0 Å². The molecule has 16 heavy (non-hydrogen) atoms. The maximum atomic E-state index is 13.6. The lowest BCUT2D eigenvalue weighted by atomic mass is 10.0. The zero-order chi connectivity index (χ0) is 11.7. The third-order valence-electron chi connectivity index (χ3n) is 2.87. The van der Waals surface area contributed by atoms with Gasteiger partial charge in [0.05, 0.1) is 11.7 Å². The van der Waals surface area contributed by atoms with Gasteiger partial charge < -0.3 is 10.6 Å². The molecule has 0 unspecified atom stereocenters. The predicted octanol–water partition coefficient (Wildman–Crippen LogP) is 1.59. The Bertz CT molecular complexity index is 419. The van der Waals surface area contributed by atoms with Gasteiger partial charge in [0.2, 0.25) is 5.91 Å². The van der Waals surface area contributed by atoms with Crippen molar-refractivity contribution in [1.82, 2.24) is 0 Å². The number of rotatable bonds is 1. The molecule has 1 saturated heterocycles. The Morgan fingerprint density at radius 3 is 3.00 bits per heavy atom. The fraction of sp³-hybridized carbons (Fsp3) is 0.417. The summed E-state index contributed by atoms with van der Waals surface area (Å²) in [6.07, 6.45) is 1.50. The first-order valence-corrected chi connectivity index (χ1v) is 5.42. The van der Waals surface area contributed by atoms with Crippen molar-refractivity contribution < 1.29 is 9.18 Å². The van der Waals surface area contributed by atoms with Gasteiger partial charge >= 0.3 is 0 Å². The summed E-state index contributed by atoms with van der Waals surface area (Å²) in [4.78, 5) is 13.3. The maximum absolute atomic E-state index is 13.6. The minimum atomic E-state index is -0.492.